The summed E-state index contributed by atoms with van der Waals surface area (Å²) in [5, 5.41) is 6.51. The summed E-state index contributed by atoms with van der Waals surface area (Å²) < 4.78 is 5.36. The fourth-order valence-electron chi connectivity index (χ4n) is 2.08. The SMILES string of the molecule is CC(Cc1ccco1)NCc1csc(-c2ccccn2)n1. The van der Waals surface area contributed by atoms with Gasteiger partial charge in [-0.3, -0.25) is 4.98 Å². The fourth-order valence-corrected chi connectivity index (χ4v) is 2.87. The van der Waals surface area contributed by atoms with Crippen molar-refractivity contribution in [2.75, 3.05) is 0 Å². The molecular weight excluding hydrogens is 282 g/mol. The highest BCUT2D eigenvalue weighted by molar-refractivity contribution is 7.13. The highest BCUT2D eigenvalue weighted by Gasteiger charge is 2.08. The van der Waals surface area contributed by atoms with Crippen LogP contribution in [0.5, 0.6) is 0 Å². The molecule has 108 valence electrons. The van der Waals surface area contributed by atoms with Gasteiger partial charge in [0.15, 0.2) is 0 Å². The Balaban J connectivity index is 1.55. The quantitative estimate of drug-likeness (QED) is 0.756. The molecule has 0 spiro atoms. The first kappa shape index (κ1) is 14.0. The first-order valence-electron chi connectivity index (χ1n) is 6.93. The number of nitrogens with zero attached hydrogens (tertiary/aromatic N) is 2. The van der Waals surface area contributed by atoms with Crippen LogP contribution in [0.4, 0.5) is 0 Å². The normalized spacial score (nSPS) is 12.4. The summed E-state index contributed by atoms with van der Waals surface area (Å²) >= 11 is 1.63. The van der Waals surface area contributed by atoms with Crippen LogP contribution in [0.1, 0.15) is 18.4 Å². The Morgan fingerprint density at radius 1 is 1.29 bits per heavy atom. The van der Waals surface area contributed by atoms with Crippen molar-refractivity contribution in [2.45, 2.75) is 25.9 Å². The van der Waals surface area contributed by atoms with Gasteiger partial charge >= 0.3 is 0 Å². The number of thiazole rings is 1. The third-order valence-corrected chi connectivity index (χ3v) is 4.07. The maximum atomic E-state index is 5.36. The number of nitrogens with one attached hydrogen (secondary N) is 1. The van der Waals surface area contributed by atoms with Crippen LogP contribution >= 0.6 is 11.3 Å². The van der Waals surface area contributed by atoms with E-state index < -0.39 is 0 Å². The Labute approximate surface area is 127 Å². The van der Waals surface area contributed by atoms with Crippen molar-refractivity contribution >= 4 is 11.3 Å². The number of rotatable bonds is 6. The van der Waals surface area contributed by atoms with Crippen LogP contribution < -0.4 is 5.32 Å². The molecule has 4 nitrogen and oxygen atoms in total. The molecular formula is C16H17N3OS. The van der Waals surface area contributed by atoms with Gasteiger partial charge < -0.3 is 9.73 Å². The molecule has 0 saturated heterocycles. The van der Waals surface area contributed by atoms with Crippen molar-refractivity contribution in [3.63, 3.8) is 0 Å². The number of hydrogen-bond donors (Lipinski definition) is 1. The van der Waals surface area contributed by atoms with Crippen LogP contribution in [0.2, 0.25) is 0 Å². The molecule has 1 unspecified atom stereocenters. The van der Waals surface area contributed by atoms with Gasteiger partial charge in [0.1, 0.15) is 10.8 Å². The Hall–Kier alpha value is -1.98. The smallest absolute Gasteiger partial charge is 0.142 e. The summed E-state index contributed by atoms with van der Waals surface area (Å²) in [6, 6.07) is 10.1. The highest BCUT2D eigenvalue weighted by atomic mass is 32.1. The summed E-state index contributed by atoms with van der Waals surface area (Å²) in [5.74, 6) is 1.00. The van der Waals surface area contributed by atoms with Crippen LogP contribution in [0, 0.1) is 0 Å². The van der Waals surface area contributed by atoms with Crippen LogP contribution in [0.3, 0.4) is 0 Å². The Kier molecular flexibility index (Phi) is 4.43. The van der Waals surface area contributed by atoms with Crippen molar-refractivity contribution in [1.29, 1.82) is 0 Å². The molecule has 3 aromatic heterocycles. The van der Waals surface area contributed by atoms with E-state index in [0.717, 1.165) is 35.1 Å². The van der Waals surface area contributed by atoms with Crippen molar-refractivity contribution in [2.24, 2.45) is 0 Å². The molecule has 0 amide bonds. The molecule has 0 fully saturated rings. The van der Waals surface area contributed by atoms with Gasteiger partial charge in [0.2, 0.25) is 0 Å². The Bertz CT molecular complexity index is 664. The van der Waals surface area contributed by atoms with E-state index in [2.05, 4.69) is 27.6 Å². The Morgan fingerprint density at radius 2 is 2.24 bits per heavy atom. The van der Waals surface area contributed by atoms with Gasteiger partial charge in [-0.25, -0.2) is 4.98 Å². The summed E-state index contributed by atoms with van der Waals surface area (Å²) in [6.45, 7) is 2.90. The molecule has 0 aliphatic carbocycles. The van der Waals surface area contributed by atoms with Gasteiger partial charge in [0, 0.05) is 30.6 Å². The topological polar surface area (TPSA) is 51.0 Å². The van der Waals surface area contributed by atoms with E-state index in [1.807, 2.05) is 30.3 Å². The van der Waals surface area contributed by atoms with E-state index >= 15 is 0 Å². The minimum Gasteiger partial charge on any atom is -0.469 e. The lowest BCUT2D eigenvalue weighted by atomic mass is 10.2. The van der Waals surface area contributed by atoms with Crippen molar-refractivity contribution < 1.29 is 4.42 Å². The van der Waals surface area contributed by atoms with Crippen molar-refractivity contribution in [3.8, 4) is 10.7 Å². The van der Waals surface area contributed by atoms with Gasteiger partial charge in [0.25, 0.3) is 0 Å². The second kappa shape index (κ2) is 6.65. The van der Waals surface area contributed by atoms with E-state index in [0.29, 0.717) is 6.04 Å². The molecule has 0 aromatic carbocycles. The van der Waals surface area contributed by atoms with E-state index in [-0.39, 0.29) is 0 Å². The minimum atomic E-state index is 0.344. The Morgan fingerprint density at radius 3 is 3.00 bits per heavy atom. The molecule has 0 radical (unpaired) electrons. The number of pyridine rings is 1. The van der Waals surface area contributed by atoms with E-state index in [9.17, 15) is 0 Å². The van der Waals surface area contributed by atoms with Gasteiger partial charge in [-0.15, -0.1) is 11.3 Å². The first-order chi connectivity index (χ1) is 10.3. The van der Waals surface area contributed by atoms with Gasteiger partial charge in [0.05, 0.1) is 17.7 Å². The average molecular weight is 299 g/mol. The molecule has 21 heavy (non-hydrogen) atoms. The van der Waals surface area contributed by atoms with Crippen LogP contribution in [-0.4, -0.2) is 16.0 Å². The maximum absolute atomic E-state index is 5.36. The lowest BCUT2D eigenvalue weighted by Gasteiger charge is -2.10. The summed E-state index contributed by atoms with van der Waals surface area (Å²) in [6.07, 6.45) is 4.38. The molecule has 3 rings (SSSR count). The van der Waals surface area contributed by atoms with E-state index in [1.165, 1.54) is 0 Å². The molecule has 1 N–H and O–H groups in total. The van der Waals surface area contributed by atoms with Crippen LogP contribution in [-0.2, 0) is 13.0 Å². The predicted molar refractivity (Wildman–Crippen MR) is 84.1 cm³/mol. The van der Waals surface area contributed by atoms with Gasteiger partial charge in [-0.05, 0) is 31.2 Å². The average Bonchev–Trinajstić information content (AvgIpc) is 3.17. The predicted octanol–water partition coefficient (Wildman–Crippen LogP) is 3.52. The number of furan rings is 1. The fraction of sp³-hybridized carbons (Fsp3) is 0.250. The molecule has 3 aromatic rings. The summed E-state index contributed by atoms with van der Waals surface area (Å²) in [4.78, 5) is 8.94. The van der Waals surface area contributed by atoms with E-state index in [1.54, 1.807) is 23.8 Å². The standard InChI is InChI=1S/C16H17N3OS/c1-12(9-14-5-4-8-20-14)18-10-13-11-21-16(19-13)15-6-2-3-7-17-15/h2-8,11-12,18H,9-10H2,1H3. The van der Waals surface area contributed by atoms with Crippen LogP contribution in [0.15, 0.2) is 52.6 Å². The lowest BCUT2D eigenvalue weighted by molar-refractivity contribution is 0.455. The molecule has 0 aliphatic heterocycles. The van der Waals surface area contributed by atoms with Crippen molar-refractivity contribution in [1.82, 2.24) is 15.3 Å². The third kappa shape index (κ3) is 3.77. The second-order valence-electron chi connectivity index (χ2n) is 4.92. The minimum absolute atomic E-state index is 0.344. The van der Waals surface area contributed by atoms with Gasteiger partial charge in [-0.1, -0.05) is 6.07 Å². The monoisotopic (exact) mass is 299 g/mol. The van der Waals surface area contributed by atoms with Crippen LogP contribution in [0.25, 0.3) is 10.7 Å². The zero-order valence-corrected chi connectivity index (χ0v) is 12.6. The highest BCUT2D eigenvalue weighted by Crippen LogP contribution is 2.21. The molecule has 0 aliphatic rings. The van der Waals surface area contributed by atoms with Crippen molar-refractivity contribution in [3.05, 3.63) is 59.6 Å². The molecule has 3 heterocycles. The lowest BCUT2D eigenvalue weighted by Crippen LogP contribution is -2.27. The molecule has 0 saturated carbocycles. The second-order valence-corrected chi connectivity index (χ2v) is 5.78. The van der Waals surface area contributed by atoms with Gasteiger partial charge in [-0.2, -0.15) is 0 Å². The maximum Gasteiger partial charge on any atom is 0.142 e. The first-order valence-corrected chi connectivity index (χ1v) is 7.81. The zero-order valence-electron chi connectivity index (χ0n) is 11.8. The number of hydrogen-bond acceptors (Lipinski definition) is 5. The van der Waals surface area contributed by atoms with E-state index in [4.69, 9.17) is 4.42 Å². The largest absolute Gasteiger partial charge is 0.469 e. The zero-order chi connectivity index (χ0) is 14.5. The molecule has 1 atom stereocenters. The molecule has 5 heteroatoms. The molecule has 0 bridgehead atoms. The summed E-state index contributed by atoms with van der Waals surface area (Å²) in [5.41, 5.74) is 1.98. The third-order valence-electron chi connectivity index (χ3n) is 3.15. The summed E-state index contributed by atoms with van der Waals surface area (Å²) in [7, 11) is 0. The number of aromatic nitrogens is 2.